The molecule has 0 fully saturated rings. The summed E-state index contributed by atoms with van der Waals surface area (Å²) in [5.41, 5.74) is 0. The number of carbonyl (C=O) groups is 3. The van der Waals surface area contributed by atoms with E-state index < -0.39 is 6.10 Å². The molecule has 0 saturated carbocycles. The molecule has 1 unspecified atom stereocenters. The molecule has 476 valence electrons. The van der Waals surface area contributed by atoms with Gasteiger partial charge in [0.15, 0.2) is 6.10 Å². The molecule has 0 aromatic heterocycles. The van der Waals surface area contributed by atoms with E-state index in [1.165, 1.54) is 283 Å². The van der Waals surface area contributed by atoms with E-state index in [2.05, 4.69) is 57.2 Å². The Morgan fingerprint density at radius 3 is 0.753 bits per heavy atom. The van der Waals surface area contributed by atoms with Crippen molar-refractivity contribution in [2.75, 3.05) is 13.2 Å². The number of allylic oxidation sites excluding steroid dienone is 6. The Morgan fingerprint density at radius 1 is 0.259 bits per heavy atom. The summed E-state index contributed by atoms with van der Waals surface area (Å²) in [7, 11) is 0. The maximum absolute atomic E-state index is 13.0. The Balaban J connectivity index is 4.18. The first-order chi connectivity index (χ1) is 40.0. The number of hydrogen-bond donors (Lipinski definition) is 0. The van der Waals surface area contributed by atoms with Crippen LogP contribution in [0.4, 0.5) is 0 Å². The van der Waals surface area contributed by atoms with Crippen LogP contribution < -0.4 is 0 Å². The third kappa shape index (κ3) is 68.3. The van der Waals surface area contributed by atoms with Gasteiger partial charge >= 0.3 is 17.9 Å². The Bertz CT molecular complexity index is 1350. The zero-order valence-electron chi connectivity index (χ0n) is 54.8. The van der Waals surface area contributed by atoms with Crippen molar-refractivity contribution in [3.8, 4) is 0 Å². The summed E-state index contributed by atoms with van der Waals surface area (Å²) in [4.78, 5) is 38.4. The predicted octanol–water partition coefficient (Wildman–Crippen LogP) is 25.1. The van der Waals surface area contributed by atoms with Crippen molar-refractivity contribution in [2.45, 2.75) is 412 Å². The van der Waals surface area contributed by atoms with Crippen molar-refractivity contribution in [2.24, 2.45) is 0 Å². The molecule has 0 aliphatic heterocycles. The summed E-state index contributed by atoms with van der Waals surface area (Å²) in [5, 5.41) is 0. The summed E-state index contributed by atoms with van der Waals surface area (Å²) >= 11 is 0. The van der Waals surface area contributed by atoms with Gasteiger partial charge in [-0.15, -0.1) is 0 Å². The second kappa shape index (κ2) is 70.1. The molecule has 0 aliphatic carbocycles. The van der Waals surface area contributed by atoms with Crippen LogP contribution in [0.2, 0.25) is 0 Å². The van der Waals surface area contributed by atoms with E-state index in [-0.39, 0.29) is 31.1 Å². The van der Waals surface area contributed by atoms with E-state index in [9.17, 15) is 14.4 Å². The molecule has 6 heteroatoms. The molecule has 0 aromatic carbocycles. The van der Waals surface area contributed by atoms with E-state index in [1.807, 2.05) is 0 Å². The highest BCUT2D eigenvalue weighted by molar-refractivity contribution is 5.71. The third-order valence-electron chi connectivity index (χ3n) is 16.7. The van der Waals surface area contributed by atoms with Gasteiger partial charge in [-0.1, -0.05) is 372 Å². The molecule has 0 aromatic rings. The number of ether oxygens (including phenoxy) is 3. The van der Waals surface area contributed by atoms with Crippen LogP contribution in [-0.2, 0) is 28.6 Å². The average Bonchev–Trinajstić information content (AvgIpc) is 3.46. The van der Waals surface area contributed by atoms with Crippen molar-refractivity contribution in [3.05, 3.63) is 36.5 Å². The first-order valence-electron chi connectivity index (χ1n) is 36.5. The van der Waals surface area contributed by atoms with Gasteiger partial charge in [-0.2, -0.15) is 0 Å². The first kappa shape index (κ1) is 78.6. The Labute approximate surface area is 506 Å². The molecule has 0 bridgehead atoms. The molecule has 0 N–H and O–H groups in total. The van der Waals surface area contributed by atoms with Gasteiger partial charge in [0.1, 0.15) is 13.2 Å². The minimum Gasteiger partial charge on any atom is -0.462 e. The second-order valence-corrected chi connectivity index (χ2v) is 24.8. The van der Waals surface area contributed by atoms with E-state index in [0.29, 0.717) is 19.3 Å². The zero-order chi connectivity index (χ0) is 58.5. The van der Waals surface area contributed by atoms with Crippen molar-refractivity contribution >= 4 is 17.9 Å². The lowest BCUT2D eigenvalue weighted by Gasteiger charge is -2.18. The Hall–Kier alpha value is -2.37. The van der Waals surface area contributed by atoms with Gasteiger partial charge in [0.05, 0.1) is 0 Å². The van der Waals surface area contributed by atoms with Crippen LogP contribution in [0.3, 0.4) is 0 Å². The normalized spacial score (nSPS) is 12.2. The molecule has 81 heavy (non-hydrogen) atoms. The largest absolute Gasteiger partial charge is 0.462 e. The highest BCUT2D eigenvalue weighted by atomic mass is 16.6. The lowest BCUT2D eigenvalue weighted by molar-refractivity contribution is -0.167. The van der Waals surface area contributed by atoms with E-state index >= 15 is 0 Å². The van der Waals surface area contributed by atoms with Gasteiger partial charge in [-0.3, -0.25) is 14.4 Å². The summed E-state index contributed by atoms with van der Waals surface area (Å²) < 4.78 is 17.0. The average molecular weight is 1140 g/mol. The van der Waals surface area contributed by atoms with Gasteiger partial charge in [0.25, 0.3) is 0 Å². The molecule has 0 heterocycles. The summed E-state index contributed by atoms with van der Waals surface area (Å²) in [6.45, 7) is 6.59. The topological polar surface area (TPSA) is 78.9 Å². The van der Waals surface area contributed by atoms with Crippen LogP contribution in [0.15, 0.2) is 36.5 Å². The summed E-state index contributed by atoms with van der Waals surface area (Å²) in [6.07, 6.45) is 87.7. The molecule has 0 amide bonds. The predicted molar refractivity (Wildman–Crippen MR) is 353 cm³/mol. The molecule has 1 atom stereocenters. The summed E-state index contributed by atoms with van der Waals surface area (Å²) in [6, 6.07) is 0. The lowest BCUT2D eigenvalue weighted by Crippen LogP contribution is -2.30. The fourth-order valence-electron chi connectivity index (χ4n) is 11.2. The minimum absolute atomic E-state index is 0.0757. The summed E-state index contributed by atoms with van der Waals surface area (Å²) in [5.74, 6) is -0.875. The molecule has 0 spiro atoms. The fourth-order valence-corrected chi connectivity index (χ4v) is 11.2. The Kier molecular flexibility index (Phi) is 68.1. The number of carbonyl (C=O) groups excluding carboxylic acids is 3. The third-order valence-corrected chi connectivity index (χ3v) is 16.7. The van der Waals surface area contributed by atoms with E-state index in [4.69, 9.17) is 14.2 Å². The van der Waals surface area contributed by atoms with Gasteiger partial charge in [0.2, 0.25) is 0 Å². The molecule has 0 saturated heterocycles. The van der Waals surface area contributed by atoms with Gasteiger partial charge in [-0.25, -0.2) is 0 Å². The Morgan fingerprint density at radius 2 is 0.481 bits per heavy atom. The second-order valence-electron chi connectivity index (χ2n) is 24.8. The fraction of sp³-hybridized carbons (Fsp3) is 0.880. The van der Waals surface area contributed by atoms with E-state index in [1.54, 1.807) is 0 Å². The van der Waals surface area contributed by atoms with Gasteiger partial charge < -0.3 is 14.2 Å². The van der Waals surface area contributed by atoms with Crippen LogP contribution in [0.25, 0.3) is 0 Å². The number of unbranched alkanes of at least 4 members (excludes halogenated alkanes) is 51. The molecule has 6 nitrogen and oxygen atoms in total. The molecular weight excluding hydrogens is 997 g/mol. The maximum atomic E-state index is 13.0. The van der Waals surface area contributed by atoms with Crippen LogP contribution in [0.1, 0.15) is 406 Å². The molecule has 0 radical (unpaired) electrons. The van der Waals surface area contributed by atoms with Crippen molar-refractivity contribution in [3.63, 3.8) is 0 Å². The maximum Gasteiger partial charge on any atom is 0.306 e. The first-order valence-corrected chi connectivity index (χ1v) is 36.5. The minimum atomic E-state index is -0.782. The van der Waals surface area contributed by atoms with Crippen molar-refractivity contribution < 1.29 is 28.6 Å². The molecule has 0 aliphatic rings. The number of hydrogen-bond acceptors (Lipinski definition) is 6. The molecule has 0 rings (SSSR count). The zero-order valence-corrected chi connectivity index (χ0v) is 54.8. The van der Waals surface area contributed by atoms with Crippen molar-refractivity contribution in [1.82, 2.24) is 0 Å². The van der Waals surface area contributed by atoms with Gasteiger partial charge in [-0.05, 0) is 51.4 Å². The van der Waals surface area contributed by atoms with Gasteiger partial charge in [0, 0.05) is 19.3 Å². The van der Waals surface area contributed by atoms with Crippen LogP contribution in [0, 0.1) is 0 Å². The van der Waals surface area contributed by atoms with Crippen molar-refractivity contribution in [1.29, 1.82) is 0 Å². The standard InChI is InChI=1S/C75H140O6/c1-4-7-10-13-16-19-22-25-27-29-31-33-35-36-37-38-39-40-42-43-45-47-50-53-56-59-62-65-68-74(77)80-71-72(70-79-73(76)67-64-61-58-55-52-49-24-21-18-15-12-9-6-3)81-75(78)69-66-63-60-57-54-51-48-46-44-41-34-32-30-28-26-23-20-17-14-11-8-5-2/h9,12,18,21,49,52,72H,4-8,10-11,13-17,19-20,22-48,50-51,53-71H2,1-3H3/b12-9-,21-18-,52-49-. The quantitative estimate of drug-likeness (QED) is 0.0261. The lowest BCUT2D eigenvalue weighted by atomic mass is 10.0. The molecular formula is C75H140O6. The highest BCUT2D eigenvalue weighted by Gasteiger charge is 2.19. The SMILES string of the molecule is CC/C=C\C/C=C\C/C=C\CCCCCC(=O)OCC(COC(=O)CCCCCCCCCCCCCCCCCCCCCCCCCCCCCC)OC(=O)CCCCCCCCCCCCCCCCCCCCCCCC. The van der Waals surface area contributed by atoms with Crippen LogP contribution in [-0.4, -0.2) is 37.2 Å². The van der Waals surface area contributed by atoms with Crippen LogP contribution >= 0.6 is 0 Å². The number of esters is 3. The number of rotatable bonds is 68. The smallest absolute Gasteiger partial charge is 0.306 e. The van der Waals surface area contributed by atoms with E-state index in [0.717, 1.165) is 83.5 Å². The van der Waals surface area contributed by atoms with Crippen LogP contribution in [0.5, 0.6) is 0 Å². The monoisotopic (exact) mass is 1140 g/mol. The highest BCUT2D eigenvalue weighted by Crippen LogP contribution is 2.19.